The second-order valence-corrected chi connectivity index (χ2v) is 5.93. The number of aliphatic imine (C=N–C) groups is 1. The number of nitrogens with zero attached hydrogens (tertiary/aromatic N) is 3. The molecule has 1 fully saturated rings. The van der Waals surface area contributed by atoms with Crippen LogP contribution in [-0.4, -0.2) is 68.7 Å². The van der Waals surface area contributed by atoms with E-state index in [-0.39, 0.29) is 11.9 Å². The quantitative estimate of drug-likeness (QED) is 0.660. The van der Waals surface area contributed by atoms with Gasteiger partial charge in [0, 0.05) is 33.2 Å². The van der Waals surface area contributed by atoms with E-state index >= 15 is 0 Å². The number of hydrogen-bond donors (Lipinski definition) is 1. The molecule has 0 amide bonds. The van der Waals surface area contributed by atoms with Crippen LogP contribution in [0, 0.1) is 5.82 Å². The van der Waals surface area contributed by atoms with Crippen molar-refractivity contribution < 1.29 is 9.13 Å². The molecular weight excluding hydrogens is 295 g/mol. The Morgan fingerprint density at radius 1 is 1.43 bits per heavy atom. The van der Waals surface area contributed by atoms with Gasteiger partial charge in [0.1, 0.15) is 5.82 Å². The van der Waals surface area contributed by atoms with Crippen molar-refractivity contribution in [2.75, 3.05) is 46.9 Å². The molecule has 0 aliphatic carbocycles. The van der Waals surface area contributed by atoms with E-state index in [0.717, 1.165) is 37.8 Å². The Morgan fingerprint density at radius 3 is 2.83 bits per heavy atom. The summed E-state index contributed by atoms with van der Waals surface area (Å²) in [5, 5.41) is 3.30. The lowest BCUT2D eigenvalue weighted by molar-refractivity contribution is -0.0137. The summed E-state index contributed by atoms with van der Waals surface area (Å²) in [4.78, 5) is 9.00. The summed E-state index contributed by atoms with van der Waals surface area (Å²) < 4.78 is 18.7. The molecule has 0 spiro atoms. The molecule has 23 heavy (non-hydrogen) atoms. The molecule has 1 heterocycles. The largest absolute Gasteiger partial charge is 0.374 e. The van der Waals surface area contributed by atoms with Crippen molar-refractivity contribution in [1.82, 2.24) is 15.1 Å². The maximum Gasteiger partial charge on any atom is 0.194 e. The van der Waals surface area contributed by atoms with Crippen LogP contribution in [0.2, 0.25) is 0 Å². The van der Waals surface area contributed by atoms with Crippen molar-refractivity contribution in [1.29, 1.82) is 0 Å². The molecule has 0 bridgehead atoms. The highest BCUT2D eigenvalue weighted by Gasteiger charge is 2.17. The van der Waals surface area contributed by atoms with Crippen LogP contribution in [0.15, 0.2) is 29.3 Å². The Morgan fingerprint density at radius 2 is 2.17 bits per heavy atom. The highest BCUT2D eigenvalue weighted by atomic mass is 19.1. The van der Waals surface area contributed by atoms with Crippen molar-refractivity contribution in [3.05, 3.63) is 35.6 Å². The first-order valence-electron chi connectivity index (χ1n) is 8.12. The Bertz CT molecular complexity index is 506. The predicted octanol–water partition coefficient (Wildman–Crippen LogP) is 1.55. The number of morpholine rings is 1. The minimum Gasteiger partial charge on any atom is -0.374 e. The van der Waals surface area contributed by atoms with Crippen LogP contribution in [0.5, 0.6) is 0 Å². The van der Waals surface area contributed by atoms with E-state index in [1.54, 1.807) is 12.1 Å². The van der Waals surface area contributed by atoms with E-state index in [4.69, 9.17) is 9.73 Å². The standard InChI is InChI=1S/C17H27FN4O/c1-4-19-17(20-11-16-13-21(2)9-10-23-16)22(3)12-14-5-7-15(18)8-6-14/h5-8,16H,4,9-13H2,1-3H3,(H,19,20). The smallest absolute Gasteiger partial charge is 0.194 e. The van der Waals surface area contributed by atoms with Gasteiger partial charge in [0.15, 0.2) is 5.96 Å². The van der Waals surface area contributed by atoms with Gasteiger partial charge >= 0.3 is 0 Å². The van der Waals surface area contributed by atoms with Gasteiger partial charge < -0.3 is 19.9 Å². The predicted molar refractivity (Wildman–Crippen MR) is 91.1 cm³/mol. The highest BCUT2D eigenvalue weighted by molar-refractivity contribution is 5.79. The molecule has 1 N–H and O–H groups in total. The summed E-state index contributed by atoms with van der Waals surface area (Å²) in [5.74, 6) is 0.629. The molecule has 1 unspecified atom stereocenters. The molecule has 5 nitrogen and oxygen atoms in total. The average Bonchev–Trinajstić information content (AvgIpc) is 2.53. The van der Waals surface area contributed by atoms with E-state index < -0.39 is 0 Å². The van der Waals surface area contributed by atoms with Crippen LogP contribution in [0.1, 0.15) is 12.5 Å². The zero-order valence-electron chi connectivity index (χ0n) is 14.3. The van der Waals surface area contributed by atoms with Gasteiger partial charge in [0.05, 0.1) is 19.3 Å². The molecule has 1 aliphatic heterocycles. The molecule has 128 valence electrons. The van der Waals surface area contributed by atoms with Gasteiger partial charge in [-0.15, -0.1) is 0 Å². The number of guanidine groups is 1. The third kappa shape index (κ3) is 5.80. The van der Waals surface area contributed by atoms with Crippen LogP contribution in [0.4, 0.5) is 4.39 Å². The highest BCUT2D eigenvalue weighted by Crippen LogP contribution is 2.07. The molecular formula is C17H27FN4O. The number of nitrogens with one attached hydrogen (secondary N) is 1. The van der Waals surface area contributed by atoms with Crippen molar-refractivity contribution in [2.24, 2.45) is 4.99 Å². The molecule has 0 aromatic heterocycles. The lowest BCUT2D eigenvalue weighted by Crippen LogP contribution is -2.43. The van der Waals surface area contributed by atoms with E-state index in [1.807, 2.05) is 18.9 Å². The number of rotatable bonds is 5. The second kappa shape index (κ2) is 8.84. The van der Waals surface area contributed by atoms with Crippen LogP contribution >= 0.6 is 0 Å². The van der Waals surface area contributed by atoms with Gasteiger partial charge in [0.2, 0.25) is 0 Å². The topological polar surface area (TPSA) is 40.1 Å². The maximum absolute atomic E-state index is 13.0. The first-order chi connectivity index (χ1) is 11.1. The molecule has 6 heteroatoms. The fourth-order valence-electron chi connectivity index (χ4n) is 2.57. The van der Waals surface area contributed by atoms with Crippen LogP contribution in [0.25, 0.3) is 0 Å². The van der Waals surface area contributed by atoms with Crippen molar-refractivity contribution >= 4 is 5.96 Å². The first kappa shape index (κ1) is 17.7. The summed E-state index contributed by atoms with van der Waals surface area (Å²) in [6, 6.07) is 6.57. The molecule has 1 aromatic rings. The minimum absolute atomic E-state index is 0.140. The van der Waals surface area contributed by atoms with Gasteiger partial charge in [-0.05, 0) is 31.7 Å². The zero-order valence-corrected chi connectivity index (χ0v) is 14.3. The van der Waals surface area contributed by atoms with Crippen molar-refractivity contribution in [2.45, 2.75) is 19.6 Å². The van der Waals surface area contributed by atoms with Gasteiger partial charge in [-0.1, -0.05) is 12.1 Å². The summed E-state index contributed by atoms with van der Waals surface area (Å²) in [6.45, 7) is 6.82. The van der Waals surface area contributed by atoms with Crippen LogP contribution in [-0.2, 0) is 11.3 Å². The first-order valence-corrected chi connectivity index (χ1v) is 8.12. The summed E-state index contributed by atoms with van der Waals surface area (Å²) >= 11 is 0. The Kier molecular flexibility index (Phi) is 6.80. The van der Waals surface area contributed by atoms with Gasteiger partial charge in [-0.25, -0.2) is 4.39 Å². The lowest BCUT2D eigenvalue weighted by atomic mass is 10.2. The fourth-order valence-corrected chi connectivity index (χ4v) is 2.57. The van der Waals surface area contributed by atoms with Gasteiger partial charge in [0.25, 0.3) is 0 Å². The maximum atomic E-state index is 13.0. The Balaban J connectivity index is 1.95. The monoisotopic (exact) mass is 322 g/mol. The van der Waals surface area contributed by atoms with Gasteiger partial charge in [-0.3, -0.25) is 4.99 Å². The number of hydrogen-bond acceptors (Lipinski definition) is 3. The van der Waals surface area contributed by atoms with Crippen molar-refractivity contribution in [3.8, 4) is 0 Å². The molecule has 1 aromatic carbocycles. The normalized spacial score (nSPS) is 19.7. The van der Waals surface area contributed by atoms with E-state index in [2.05, 4.69) is 17.3 Å². The van der Waals surface area contributed by atoms with Gasteiger partial charge in [-0.2, -0.15) is 0 Å². The minimum atomic E-state index is -0.212. The summed E-state index contributed by atoms with van der Waals surface area (Å²) in [6.07, 6.45) is 0.140. The van der Waals surface area contributed by atoms with Crippen molar-refractivity contribution in [3.63, 3.8) is 0 Å². The average molecular weight is 322 g/mol. The summed E-state index contributed by atoms with van der Waals surface area (Å²) in [5.41, 5.74) is 1.05. The lowest BCUT2D eigenvalue weighted by Gasteiger charge is -2.29. The molecule has 1 saturated heterocycles. The number of benzene rings is 1. The number of likely N-dealkylation sites (N-methyl/N-ethyl adjacent to an activating group) is 1. The molecule has 1 aliphatic rings. The Labute approximate surface area is 138 Å². The Hall–Kier alpha value is -1.66. The molecule has 2 rings (SSSR count). The van der Waals surface area contributed by atoms with Crippen LogP contribution in [0.3, 0.4) is 0 Å². The third-order valence-electron chi connectivity index (χ3n) is 3.82. The molecule has 0 saturated carbocycles. The van der Waals surface area contributed by atoms with E-state index in [0.29, 0.717) is 13.1 Å². The molecule has 0 radical (unpaired) electrons. The summed E-state index contributed by atoms with van der Waals surface area (Å²) in [7, 11) is 4.09. The second-order valence-electron chi connectivity index (χ2n) is 5.93. The fraction of sp³-hybridized carbons (Fsp3) is 0.588. The molecule has 1 atom stereocenters. The van der Waals surface area contributed by atoms with Crippen LogP contribution < -0.4 is 5.32 Å². The number of ether oxygens (including phenoxy) is 1. The zero-order chi connectivity index (χ0) is 16.7. The van der Waals surface area contributed by atoms with E-state index in [9.17, 15) is 4.39 Å². The number of halogens is 1. The SMILES string of the molecule is CCNC(=NCC1CN(C)CCO1)N(C)Cc1ccc(F)cc1. The third-order valence-corrected chi connectivity index (χ3v) is 3.82. The van der Waals surface area contributed by atoms with E-state index in [1.165, 1.54) is 12.1 Å².